The van der Waals surface area contributed by atoms with Gasteiger partial charge in [-0.3, -0.25) is 4.79 Å². The smallest absolute Gasteiger partial charge is 0.168 e. The van der Waals surface area contributed by atoms with Crippen LogP contribution < -0.4 is 0 Å². The maximum absolute atomic E-state index is 12.8. The quantitative estimate of drug-likeness (QED) is 0.737. The monoisotopic (exact) mass is 301 g/mol. The van der Waals surface area contributed by atoms with Crippen LogP contribution in [-0.2, 0) is 15.1 Å². The lowest BCUT2D eigenvalue weighted by molar-refractivity contribution is -0.140. The molecule has 2 aliphatic rings. The molecule has 1 unspecified atom stereocenters. The van der Waals surface area contributed by atoms with E-state index >= 15 is 0 Å². The number of likely N-dealkylation sites (tertiary alicyclic amines) is 1. The van der Waals surface area contributed by atoms with Gasteiger partial charge in [-0.25, -0.2) is 0 Å². The third kappa shape index (κ3) is 3.11. The Morgan fingerprint density at radius 3 is 2.45 bits per heavy atom. The first kappa shape index (κ1) is 15.7. The van der Waals surface area contributed by atoms with Crippen molar-refractivity contribution >= 4 is 5.78 Å². The molecule has 0 aromatic heterocycles. The molecular formula is C19H27NO2. The van der Waals surface area contributed by atoms with Gasteiger partial charge in [-0.05, 0) is 56.7 Å². The van der Waals surface area contributed by atoms with Gasteiger partial charge in [0.2, 0.25) is 0 Å². The van der Waals surface area contributed by atoms with Gasteiger partial charge in [-0.1, -0.05) is 30.3 Å². The Hall–Kier alpha value is -1.19. The van der Waals surface area contributed by atoms with E-state index in [1.165, 1.54) is 38.9 Å². The van der Waals surface area contributed by atoms with Crippen molar-refractivity contribution in [2.45, 2.75) is 44.6 Å². The van der Waals surface area contributed by atoms with E-state index in [9.17, 15) is 4.79 Å². The highest BCUT2D eigenvalue weighted by atomic mass is 16.5. The number of methoxy groups -OCH3 is 1. The second-order valence-corrected chi connectivity index (χ2v) is 7.16. The second kappa shape index (κ2) is 6.13. The molecule has 2 fully saturated rings. The van der Waals surface area contributed by atoms with Crippen molar-refractivity contribution in [1.29, 1.82) is 0 Å². The Kier molecular flexibility index (Phi) is 4.37. The molecular weight excluding hydrogens is 274 g/mol. The summed E-state index contributed by atoms with van der Waals surface area (Å²) in [6.45, 7) is 5.58. The lowest BCUT2D eigenvalue weighted by Crippen LogP contribution is -2.41. The highest BCUT2D eigenvalue weighted by molar-refractivity contribution is 5.88. The van der Waals surface area contributed by atoms with Crippen LogP contribution in [0, 0.1) is 5.41 Å². The molecule has 1 aliphatic heterocycles. The Morgan fingerprint density at radius 2 is 1.95 bits per heavy atom. The van der Waals surface area contributed by atoms with Crippen LogP contribution in [0.3, 0.4) is 0 Å². The van der Waals surface area contributed by atoms with E-state index in [0.29, 0.717) is 11.8 Å². The van der Waals surface area contributed by atoms with Gasteiger partial charge < -0.3 is 9.64 Å². The van der Waals surface area contributed by atoms with Crippen LogP contribution in [0.25, 0.3) is 0 Å². The van der Waals surface area contributed by atoms with Gasteiger partial charge >= 0.3 is 0 Å². The Labute approximate surface area is 133 Å². The van der Waals surface area contributed by atoms with E-state index < -0.39 is 5.60 Å². The standard InChI is InChI=1S/C19H27NO2/c1-18(22-2,16-7-4-3-5-8-16)17(21)9-10-19(11-12-19)15-20-13-6-14-20/h3-5,7-8H,6,9-15H2,1-2H3. The number of nitrogens with zero attached hydrogens (tertiary/aromatic N) is 1. The van der Waals surface area contributed by atoms with Crippen LogP contribution in [0.1, 0.15) is 44.6 Å². The van der Waals surface area contributed by atoms with Crippen LogP contribution >= 0.6 is 0 Å². The zero-order valence-electron chi connectivity index (χ0n) is 13.8. The number of carbonyl (C=O) groups excluding carboxylic acids is 1. The van der Waals surface area contributed by atoms with Crippen molar-refractivity contribution in [3.63, 3.8) is 0 Å². The zero-order chi connectivity index (χ0) is 15.6. The molecule has 1 aliphatic carbocycles. The highest BCUT2D eigenvalue weighted by Crippen LogP contribution is 2.51. The summed E-state index contributed by atoms with van der Waals surface area (Å²) < 4.78 is 5.62. The summed E-state index contributed by atoms with van der Waals surface area (Å²) >= 11 is 0. The first-order valence-corrected chi connectivity index (χ1v) is 8.44. The molecule has 1 aromatic rings. The predicted molar refractivity (Wildman–Crippen MR) is 87.8 cm³/mol. The molecule has 1 atom stereocenters. The maximum atomic E-state index is 12.8. The van der Waals surface area contributed by atoms with Crippen molar-refractivity contribution in [3.05, 3.63) is 35.9 Å². The first-order valence-electron chi connectivity index (χ1n) is 8.44. The highest BCUT2D eigenvalue weighted by Gasteiger charge is 2.45. The fourth-order valence-corrected chi connectivity index (χ4v) is 3.44. The van der Waals surface area contributed by atoms with Crippen molar-refractivity contribution < 1.29 is 9.53 Å². The number of hydrogen-bond acceptors (Lipinski definition) is 3. The zero-order valence-corrected chi connectivity index (χ0v) is 13.8. The van der Waals surface area contributed by atoms with Crippen molar-refractivity contribution in [2.24, 2.45) is 5.41 Å². The summed E-state index contributed by atoms with van der Waals surface area (Å²) in [4.78, 5) is 15.3. The van der Waals surface area contributed by atoms with E-state index in [4.69, 9.17) is 4.74 Å². The first-order chi connectivity index (χ1) is 10.6. The summed E-state index contributed by atoms with van der Waals surface area (Å²) in [5.41, 5.74) is 0.560. The minimum absolute atomic E-state index is 0.205. The van der Waals surface area contributed by atoms with Crippen molar-refractivity contribution in [3.8, 4) is 0 Å². The average Bonchev–Trinajstić information content (AvgIpc) is 3.29. The third-order valence-corrected chi connectivity index (χ3v) is 5.61. The molecule has 0 radical (unpaired) electrons. The van der Waals surface area contributed by atoms with Crippen LogP contribution in [0.4, 0.5) is 0 Å². The topological polar surface area (TPSA) is 29.5 Å². The Morgan fingerprint density at radius 1 is 1.27 bits per heavy atom. The van der Waals surface area contributed by atoms with Crippen LogP contribution in [0.15, 0.2) is 30.3 Å². The van der Waals surface area contributed by atoms with Crippen molar-refractivity contribution in [2.75, 3.05) is 26.7 Å². The van der Waals surface area contributed by atoms with Gasteiger partial charge in [0, 0.05) is 20.1 Å². The van der Waals surface area contributed by atoms with E-state index in [1.54, 1.807) is 7.11 Å². The van der Waals surface area contributed by atoms with Gasteiger partial charge in [0.25, 0.3) is 0 Å². The number of carbonyl (C=O) groups is 1. The number of ether oxygens (including phenoxy) is 1. The molecule has 0 bridgehead atoms. The molecule has 1 saturated carbocycles. The van der Waals surface area contributed by atoms with E-state index in [0.717, 1.165) is 12.0 Å². The average molecular weight is 301 g/mol. The van der Waals surface area contributed by atoms with E-state index in [-0.39, 0.29) is 5.78 Å². The summed E-state index contributed by atoms with van der Waals surface area (Å²) in [6.07, 6.45) is 5.53. The normalized spacial score (nSPS) is 22.6. The summed E-state index contributed by atoms with van der Waals surface area (Å²) in [6, 6.07) is 9.86. The fraction of sp³-hybridized carbons (Fsp3) is 0.632. The predicted octanol–water partition coefficient (Wildman–Crippen LogP) is 3.38. The van der Waals surface area contributed by atoms with Crippen molar-refractivity contribution in [1.82, 2.24) is 4.90 Å². The van der Waals surface area contributed by atoms with Gasteiger partial charge in [0.05, 0.1) is 0 Å². The molecule has 22 heavy (non-hydrogen) atoms. The molecule has 0 N–H and O–H groups in total. The molecule has 1 heterocycles. The maximum Gasteiger partial charge on any atom is 0.168 e. The molecule has 1 saturated heterocycles. The molecule has 120 valence electrons. The van der Waals surface area contributed by atoms with Gasteiger partial charge in [0.1, 0.15) is 5.60 Å². The second-order valence-electron chi connectivity index (χ2n) is 7.16. The van der Waals surface area contributed by atoms with Crippen LogP contribution in [-0.4, -0.2) is 37.4 Å². The number of hydrogen-bond donors (Lipinski definition) is 0. The molecule has 1 aromatic carbocycles. The summed E-state index contributed by atoms with van der Waals surface area (Å²) in [5, 5.41) is 0. The van der Waals surface area contributed by atoms with Gasteiger partial charge in [-0.2, -0.15) is 0 Å². The van der Waals surface area contributed by atoms with Crippen LogP contribution in [0.2, 0.25) is 0 Å². The lowest BCUT2D eigenvalue weighted by Gasteiger charge is -2.35. The number of rotatable bonds is 8. The van der Waals surface area contributed by atoms with Gasteiger partial charge in [0.15, 0.2) is 5.78 Å². The van der Waals surface area contributed by atoms with Crippen LogP contribution in [0.5, 0.6) is 0 Å². The Bertz CT molecular complexity index is 519. The van der Waals surface area contributed by atoms with E-state index in [2.05, 4.69) is 4.90 Å². The summed E-state index contributed by atoms with van der Waals surface area (Å²) in [5.74, 6) is 0.205. The third-order valence-electron chi connectivity index (χ3n) is 5.61. The number of benzene rings is 1. The Balaban J connectivity index is 1.60. The van der Waals surface area contributed by atoms with E-state index in [1.807, 2.05) is 37.3 Å². The molecule has 3 heteroatoms. The largest absolute Gasteiger partial charge is 0.366 e. The molecule has 3 rings (SSSR count). The fourth-order valence-electron chi connectivity index (χ4n) is 3.44. The minimum Gasteiger partial charge on any atom is -0.366 e. The SMILES string of the molecule is COC(C)(C(=O)CCC1(CN2CCC2)CC1)c1ccccc1. The number of ketones is 1. The van der Waals surface area contributed by atoms with Gasteiger partial charge in [-0.15, -0.1) is 0 Å². The minimum atomic E-state index is -0.811. The summed E-state index contributed by atoms with van der Waals surface area (Å²) in [7, 11) is 1.64. The lowest BCUT2D eigenvalue weighted by atomic mass is 9.86. The number of Topliss-reactive ketones (excluding diaryl/α,β-unsaturated/α-hetero) is 1. The molecule has 0 spiro atoms. The molecule has 0 amide bonds. The molecule has 3 nitrogen and oxygen atoms in total.